The van der Waals surface area contributed by atoms with Crippen molar-refractivity contribution in [1.82, 2.24) is 4.68 Å². The molecule has 27 heavy (non-hydrogen) atoms. The van der Waals surface area contributed by atoms with Gasteiger partial charge in [-0.1, -0.05) is 41.9 Å². The van der Waals surface area contributed by atoms with Gasteiger partial charge >= 0.3 is 0 Å². The number of para-hydroxylation sites is 1. The van der Waals surface area contributed by atoms with Crippen LogP contribution in [0.5, 0.6) is 0 Å². The molecule has 0 saturated heterocycles. The molecule has 0 aliphatic rings. The van der Waals surface area contributed by atoms with Gasteiger partial charge in [-0.05, 0) is 43.3 Å². The molecule has 0 aliphatic heterocycles. The first-order valence-electron chi connectivity index (χ1n) is 8.36. The summed E-state index contributed by atoms with van der Waals surface area (Å²) in [5, 5.41) is 7.49. The number of nitrogens with zero attached hydrogens (tertiary/aromatic N) is 3. The molecule has 4 nitrogen and oxygen atoms in total. The van der Waals surface area contributed by atoms with Crippen molar-refractivity contribution in [2.24, 2.45) is 10.1 Å². The van der Waals surface area contributed by atoms with Gasteiger partial charge in [-0.2, -0.15) is 5.10 Å². The maximum atomic E-state index is 6.19. The van der Waals surface area contributed by atoms with E-state index in [2.05, 4.69) is 0 Å². The topological polar surface area (TPSA) is 42.8 Å². The van der Waals surface area contributed by atoms with Crippen molar-refractivity contribution in [3.05, 3.63) is 94.0 Å². The summed E-state index contributed by atoms with van der Waals surface area (Å²) in [6.45, 7) is 1.91. The van der Waals surface area contributed by atoms with E-state index in [1.807, 2.05) is 83.7 Å². The van der Waals surface area contributed by atoms with Crippen molar-refractivity contribution in [3.8, 4) is 11.3 Å². The molecule has 2 aromatic heterocycles. The number of rotatable bonds is 4. The molecule has 2 aromatic carbocycles. The normalized spacial score (nSPS) is 12.5. The minimum atomic E-state index is 0.679. The molecule has 0 atom stereocenters. The molecule has 0 spiro atoms. The summed E-state index contributed by atoms with van der Waals surface area (Å²) in [7, 11) is 0. The average molecular weight is 394 g/mol. The molecule has 0 saturated carbocycles. The second-order valence-electron chi connectivity index (χ2n) is 5.84. The van der Waals surface area contributed by atoms with Crippen molar-refractivity contribution in [2.45, 2.75) is 6.92 Å². The number of halogens is 1. The first kappa shape index (κ1) is 17.5. The Bertz CT molecular complexity index is 1140. The Hall–Kier alpha value is -2.89. The number of aromatic nitrogens is 1. The van der Waals surface area contributed by atoms with Crippen LogP contribution >= 0.6 is 22.9 Å². The lowest BCUT2D eigenvalue weighted by molar-refractivity contribution is 0.556. The van der Waals surface area contributed by atoms with Gasteiger partial charge in [0, 0.05) is 16.0 Å². The van der Waals surface area contributed by atoms with E-state index in [0.29, 0.717) is 5.02 Å². The Kier molecular flexibility index (Phi) is 5.05. The molecule has 0 radical (unpaired) electrons. The molecule has 4 rings (SSSR count). The highest BCUT2D eigenvalue weighted by Crippen LogP contribution is 2.24. The van der Waals surface area contributed by atoms with Crippen LogP contribution in [-0.2, 0) is 0 Å². The molecule has 6 heteroatoms. The molecule has 0 amide bonds. The summed E-state index contributed by atoms with van der Waals surface area (Å²) >= 11 is 7.72. The zero-order chi connectivity index (χ0) is 18.6. The molecular weight excluding hydrogens is 378 g/mol. The van der Waals surface area contributed by atoms with E-state index in [-0.39, 0.29) is 0 Å². The lowest BCUT2D eigenvalue weighted by atomic mass is 10.2. The van der Waals surface area contributed by atoms with Crippen LogP contribution in [0.1, 0.15) is 12.7 Å². The first-order valence-corrected chi connectivity index (χ1v) is 9.62. The van der Waals surface area contributed by atoms with Crippen LogP contribution in [0.2, 0.25) is 5.02 Å². The fourth-order valence-corrected chi connectivity index (χ4v) is 3.66. The van der Waals surface area contributed by atoms with Crippen molar-refractivity contribution in [1.29, 1.82) is 0 Å². The SMILES string of the molecule is C/C(=N/n1c(-c2cccc(Cl)c2)csc1=Nc1ccccc1)c1ccco1. The van der Waals surface area contributed by atoms with Crippen molar-refractivity contribution in [2.75, 3.05) is 0 Å². The smallest absolute Gasteiger partial charge is 0.211 e. The molecule has 0 fully saturated rings. The van der Waals surface area contributed by atoms with Gasteiger partial charge in [0.15, 0.2) is 0 Å². The minimum absolute atomic E-state index is 0.679. The Morgan fingerprint density at radius 3 is 2.63 bits per heavy atom. The van der Waals surface area contributed by atoms with E-state index < -0.39 is 0 Å². The van der Waals surface area contributed by atoms with Crippen LogP contribution in [0.3, 0.4) is 0 Å². The highest BCUT2D eigenvalue weighted by molar-refractivity contribution is 7.07. The summed E-state index contributed by atoms with van der Waals surface area (Å²) in [6.07, 6.45) is 1.64. The van der Waals surface area contributed by atoms with E-state index in [0.717, 1.165) is 33.2 Å². The predicted molar refractivity (Wildman–Crippen MR) is 111 cm³/mol. The van der Waals surface area contributed by atoms with Crippen LogP contribution in [0.4, 0.5) is 5.69 Å². The maximum Gasteiger partial charge on any atom is 0.211 e. The van der Waals surface area contributed by atoms with Crippen molar-refractivity contribution < 1.29 is 4.42 Å². The second-order valence-corrected chi connectivity index (χ2v) is 7.11. The van der Waals surface area contributed by atoms with E-state index in [4.69, 9.17) is 26.1 Å². The Labute approximate surface area is 165 Å². The van der Waals surface area contributed by atoms with E-state index in [1.165, 1.54) is 11.3 Å². The predicted octanol–water partition coefficient (Wildman–Crippen LogP) is 5.97. The van der Waals surface area contributed by atoms with E-state index in [1.54, 1.807) is 6.26 Å². The second kappa shape index (κ2) is 7.78. The van der Waals surface area contributed by atoms with Crippen molar-refractivity contribution >= 4 is 34.3 Å². The largest absolute Gasteiger partial charge is 0.463 e. The third-order valence-electron chi connectivity index (χ3n) is 3.91. The van der Waals surface area contributed by atoms with Gasteiger partial charge in [0.25, 0.3) is 0 Å². The van der Waals surface area contributed by atoms with E-state index >= 15 is 0 Å². The van der Waals surface area contributed by atoms with Gasteiger partial charge in [-0.3, -0.25) is 0 Å². The Balaban J connectivity index is 1.91. The molecule has 4 aromatic rings. The van der Waals surface area contributed by atoms with Crippen LogP contribution in [-0.4, -0.2) is 10.4 Å². The van der Waals surface area contributed by atoms with Crippen LogP contribution < -0.4 is 4.80 Å². The first-order chi connectivity index (χ1) is 13.2. The van der Waals surface area contributed by atoms with Gasteiger partial charge < -0.3 is 4.42 Å². The number of hydrogen-bond donors (Lipinski definition) is 0. The summed E-state index contributed by atoms with van der Waals surface area (Å²) < 4.78 is 7.31. The minimum Gasteiger partial charge on any atom is -0.463 e. The Morgan fingerprint density at radius 1 is 1.04 bits per heavy atom. The lowest BCUT2D eigenvalue weighted by Crippen LogP contribution is -2.13. The Morgan fingerprint density at radius 2 is 1.89 bits per heavy atom. The van der Waals surface area contributed by atoms with Crippen LogP contribution in [0.25, 0.3) is 11.3 Å². The molecule has 2 heterocycles. The van der Waals surface area contributed by atoms with E-state index in [9.17, 15) is 0 Å². The van der Waals surface area contributed by atoms with Gasteiger partial charge in [-0.25, -0.2) is 9.67 Å². The summed E-state index contributed by atoms with van der Waals surface area (Å²) in [5.74, 6) is 0.719. The lowest BCUT2D eigenvalue weighted by Gasteiger charge is -2.05. The fraction of sp³-hybridized carbons (Fsp3) is 0.0476. The molecule has 0 bridgehead atoms. The molecule has 0 unspecified atom stereocenters. The third-order valence-corrected chi connectivity index (χ3v) is 4.97. The number of benzene rings is 2. The third kappa shape index (κ3) is 3.94. The van der Waals surface area contributed by atoms with Gasteiger partial charge in [0.05, 0.1) is 17.6 Å². The van der Waals surface area contributed by atoms with Crippen molar-refractivity contribution in [3.63, 3.8) is 0 Å². The molecule has 134 valence electrons. The van der Waals surface area contributed by atoms with Gasteiger partial charge in [-0.15, -0.1) is 11.3 Å². The maximum absolute atomic E-state index is 6.19. The summed E-state index contributed by atoms with van der Waals surface area (Å²) in [5.41, 5.74) is 3.53. The number of thiazole rings is 1. The quantitative estimate of drug-likeness (QED) is 0.394. The monoisotopic (exact) mass is 393 g/mol. The summed E-state index contributed by atoms with van der Waals surface area (Å²) in [6, 6.07) is 21.3. The highest BCUT2D eigenvalue weighted by Gasteiger charge is 2.10. The van der Waals surface area contributed by atoms with Gasteiger partial charge in [0.2, 0.25) is 4.80 Å². The number of furan rings is 1. The zero-order valence-electron chi connectivity index (χ0n) is 14.5. The molecule has 0 N–H and O–H groups in total. The highest BCUT2D eigenvalue weighted by atomic mass is 35.5. The standard InChI is InChI=1S/C21H16ClN3OS/c1-15(20-11-6-12-26-20)24-25-19(16-7-5-8-17(22)13-16)14-27-21(25)23-18-9-3-2-4-10-18/h2-14H,1H3/b23-21?,24-15-. The molecular formula is C21H16ClN3OS. The molecule has 0 aliphatic carbocycles. The number of hydrogen-bond acceptors (Lipinski definition) is 4. The summed E-state index contributed by atoms with van der Waals surface area (Å²) in [4.78, 5) is 5.52. The van der Waals surface area contributed by atoms with Gasteiger partial charge in [0.1, 0.15) is 11.5 Å². The average Bonchev–Trinajstić information content (AvgIpc) is 3.34. The van der Waals surface area contributed by atoms with Crippen LogP contribution in [0, 0.1) is 0 Å². The zero-order valence-corrected chi connectivity index (χ0v) is 16.1. The van der Waals surface area contributed by atoms with Crippen LogP contribution in [0.15, 0.2) is 92.9 Å². The fourth-order valence-electron chi connectivity index (χ4n) is 2.62.